The molecule has 2 heterocycles. The summed E-state index contributed by atoms with van der Waals surface area (Å²) < 4.78 is 15.1. The Morgan fingerprint density at radius 2 is 1.88 bits per heavy atom. The van der Waals surface area contributed by atoms with Crippen LogP contribution in [0.15, 0.2) is 77.9 Å². The summed E-state index contributed by atoms with van der Waals surface area (Å²) >= 11 is 0. The Morgan fingerprint density at radius 1 is 1.04 bits per heavy atom. The number of hydrogen-bond donors (Lipinski definition) is 1. The minimum atomic E-state index is -0.385. The molecule has 6 heteroatoms. The highest BCUT2D eigenvalue weighted by Gasteiger charge is 2.12. The molecule has 0 atom stereocenters. The van der Waals surface area contributed by atoms with Crippen LogP contribution < -0.4 is 10.9 Å². The van der Waals surface area contributed by atoms with Crippen LogP contribution in [0.25, 0.3) is 11.0 Å². The predicted octanol–water partition coefficient (Wildman–Crippen LogP) is 3.72. The first-order valence-corrected chi connectivity index (χ1v) is 8.12. The van der Waals surface area contributed by atoms with Crippen LogP contribution in [0.2, 0.25) is 0 Å². The highest BCUT2D eigenvalue weighted by atomic mass is 19.1. The number of halogens is 1. The topological polar surface area (TPSA) is 59.8 Å². The average Bonchev–Trinajstić information content (AvgIpc) is 2.66. The first kappa shape index (κ1) is 16.0. The van der Waals surface area contributed by atoms with Gasteiger partial charge in [-0.25, -0.2) is 9.37 Å². The average molecular weight is 346 g/mol. The van der Waals surface area contributed by atoms with Gasteiger partial charge in [0.05, 0.1) is 23.8 Å². The van der Waals surface area contributed by atoms with Gasteiger partial charge >= 0.3 is 0 Å². The number of pyridine rings is 1. The molecule has 0 unspecified atom stereocenters. The number of anilines is 2. The van der Waals surface area contributed by atoms with E-state index in [1.165, 1.54) is 12.1 Å². The second kappa shape index (κ2) is 6.76. The van der Waals surface area contributed by atoms with Gasteiger partial charge in [0.2, 0.25) is 0 Å². The van der Waals surface area contributed by atoms with Crippen molar-refractivity contribution in [2.24, 2.45) is 0 Å². The number of benzene rings is 2. The second-order valence-corrected chi connectivity index (χ2v) is 5.84. The highest BCUT2D eigenvalue weighted by Crippen LogP contribution is 2.17. The fourth-order valence-electron chi connectivity index (χ4n) is 2.79. The number of rotatable bonds is 4. The quantitative estimate of drug-likeness (QED) is 0.612. The summed E-state index contributed by atoms with van der Waals surface area (Å²) in [5.74, 6) is -0.241. The molecule has 0 saturated heterocycles. The van der Waals surface area contributed by atoms with E-state index >= 15 is 0 Å². The highest BCUT2D eigenvalue weighted by molar-refractivity contribution is 5.76. The van der Waals surface area contributed by atoms with Gasteiger partial charge in [0.1, 0.15) is 5.82 Å². The van der Waals surface area contributed by atoms with Gasteiger partial charge in [-0.05, 0) is 29.8 Å². The normalized spacial score (nSPS) is 10.8. The second-order valence-electron chi connectivity index (χ2n) is 5.84. The smallest absolute Gasteiger partial charge is 0.294 e. The Balaban J connectivity index is 1.84. The van der Waals surface area contributed by atoms with Crippen LogP contribution in [0.1, 0.15) is 5.56 Å². The molecule has 0 amide bonds. The lowest BCUT2D eigenvalue weighted by atomic mass is 10.2. The van der Waals surface area contributed by atoms with Crippen molar-refractivity contribution < 1.29 is 4.39 Å². The minimum absolute atomic E-state index is 0.144. The lowest BCUT2D eigenvalue weighted by molar-refractivity contribution is 0.628. The third-order valence-corrected chi connectivity index (χ3v) is 4.02. The maximum Gasteiger partial charge on any atom is 0.294 e. The third-order valence-electron chi connectivity index (χ3n) is 4.02. The van der Waals surface area contributed by atoms with Crippen LogP contribution in [0, 0.1) is 5.82 Å². The third kappa shape index (κ3) is 3.17. The monoisotopic (exact) mass is 346 g/mol. The zero-order valence-electron chi connectivity index (χ0n) is 13.8. The summed E-state index contributed by atoms with van der Waals surface area (Å²) in [6, 6.07) is 17.3. The first-order chi connectivity index (χ1) is 12.7. The maximum absolute atomic E-state index is 13.4. The number of fused-ring (bicyclic) bond motifs is 1. The van der Waals surface area contributed by atoms with Gasteiger partial charge in [0.15, 0.2) is 5.82 Å². The van der Waals surface area contributed by atoms with E-state index in [1.807, 2.05) is 30.3 Å². The van der Waals surface area contributed by atoms with Gasteiger partial charge in [-0.1, -0.05) is 36.4 Å². The Bertz CT molecular complexity index is 1130. The molecule has 26 heavy (non-hydrogen) atoms. The molecule has 1 N–H and O–H groups in total. The van der Waals surface area contributed by atoms with E-state index in [2.05, 4.69) is 15.3 Å². The van der Waals surface area contributed by atoms with Gasteiger partial charge in [-0.3, -0.25) is 14.3 Å². The molecule has 4 aromatic rings. The molecule has 5 nitrogen and oxygen atoms in total. The zero-order chi connectivity index (χ0) is 17.9. The molecule has 0 radical (unpaired) electrons. The summed E-state index contributed by atoms with van der Waals surface area (Å²) in [5.41, 5.74) is 2.44. The number of hydrogen-bond acceptors (Lipinski definition) is 4. The molecular formula is C20H15FN4O. The van der Waals surface area contributed by atoms with Crippen LogP contribution >= 0.6 is 0 Å². The van der Waals surface area contributed by atoms with Crippen LogP contribution in [0.5, 0.6) is 0 Å². The van der Waals surface area contributed by atoms with E-state index in [9.17, 15) is 9.18 Å². The summed E-state index contributed by atoms with van der Waals surface area (Å²) in [5, 5.41) is 2.93. The van der Waals surface area contributed by atoms with E-state index < -0.39 is 0 Å². The molecule has 0 saturated carbocycles. The van der Waals surface area contributed by atoms with Gasteiger partial charge in [-0.15, -0.1) is 0 Å². The van der Waals surface area contributed by atoms with Crippen molar-refractivity contribution in [3.8, 4) is 0 Å². The Kier molecular flexibility index (Phi) is 4.15. The molecule has 128 valence electrons. The van der Waals surface area contributed by atoms with Gasteiger partial charge in [0, 0.05) is 11.9 Å². The molecular weight excluding hydrogens is 331 g/mol. The lowest BCUT2D eigenvalue weighted by Crippen LogP contribution is -2.25. The predicted molar refractivity (Wildman–Crippen MR) is 99.0 cm³/mol. The number of nitrogens with zero attached hydrogens (tertiary/aromatic N) is 3. The fourth-order valence-corrected chi connectivity index (χ4v) is 2.79. The molecule has 2 aromatic carbocycles. The largest absolute Gasteiger partial charge is 0.335 e. The summed E-state index contributed by atoms with van der Waals surface area (Å²) in [7, 11) is 0. The van der Waals surface area contributed by atoms with Crippen molar-refractivity contribution >= 4 is 22.5 Å². The zero-order valence-corrected chi connectivity index (χ0v) is 13.8. The van der Waals surface area contributed by atoms with Crippen molar-refractivity contribution in [1.82, 2.24) is 14.5 Å². The van der Waals surface area contributed by atoms with Crippen molar-refractivity contribution in [1.29, 1.82) is 0 Å². The van der Waals surface area contributed by atoms with Crippen LogP contribution in [0.3, 0.4) is 0 Å². The molecule has 0 fully saturated rings. The molecule has 0 bridgehead atoms. The van der Waals surface area contributed by atoms with Crippen molar-refractivity contribution in [2.45, 2.75) is 6.54 Å². The fraction of sp³-hybridized carbons (Fsp3) is 0.0500. The van der Waals surface area contributed by atoms with Crippen LogP contribution in [-0.4, -0.2) is 14.5 Å². The first-order valence-electron chi connectivity index (χ1n) is 8.12. The molecule has 0 aliphatic heterocycles. The van der Waals surface area contributed by atoms with Crippen molar-refractivity contribution in [3.05, 3.63) is 94.8 Å². The van der Waals surface area contributed by atoms with Crippen molar-refractivity contribution in [2.75, 3.05) is 5.32 Å². The van der Waals surface area contributed by atoms with Gasteiger partial charge < -0.3 is 5.32 Å². The molecule has 0 aliphatic carbocycles. The molecule has 0 spiro atoms. The Labute approximate surface area is 148 Å². The summed E-state index contributed by atoms with van der Waals surface area (Å²) in [4.78, 5) is 21.5. The number of nitrogens with one attached hydrogen (secondary N) is 1. The van der Waals surface area contributed by atoms with Crippen LogP contribution in [-0.2, 0) is 6.54 Å². The van der Waals surface area contributed by atoms with Crippen LogP contribution in [0.4, 0.5) is 15.9 Å². The van der Waals surface area contributed by atoms with E-state index in [0.717, 1.165) is 5.56 Å². The Morgan fingerprint density at radius 3 is 2.69 bits per heavy atom. The van der Waals surface area contributed by atoms with E-state index in [0.29, 0.717) is 23.3 Å². The van der Waals surface area contributed by atoms with E-state index in [1.54, 1.807) is 35.2 Å². The lowest BCUT2D eigenvalue weighted by Gasteiger charge is -2.13. The maximum atomic E-state index is 13.4. The van der Waals surface area contributed by atoms with Gasteiger partial charge in [-0.2, -0.15) is 0 Å². The van der Waals surface area contributed by atoms with E-state index in [-0.39, 0.29) is 17.2 Å². The standard InChI is InChI=1S/C20H15FN4O/c21-15-7-4-8-16(11-15)23-19-20(26)25(13-14-5-2-1-3-6-14)18-12-22-10-9-17(18)24-19/h1-12H,13H2,(H,23,24). The Hall–Kier alpha value is -3.54. The van der Waals surface area contributed by atoms with E-state index in [4.69, 9.17) is 0 Å². The minimum Gasteiger partial charge on any atom is -0.335 e. The molecule has 4 rings (SSSR count). The van der Waals surface area contributed by atoms with Crippen molar-refractivity contribution in [3.63, 3.8) is 0 Å². The SMILES string of the molecule is O=c1c(Nc2cccc(F)c2)nc2ccncc2n1Cc1ccccc1. The number of aromatic nitrogens is 3. The summed E-state index contributed by atoms with van der Waals surface area (Å²) in [6.45, 7) is 0.391. The summed E-state index contributed by atoms with van der Waals surface area (Å²) in [6.07, 6.45) is 3.25. The van der Waals surface area contributed by atoms with Gasteiger partial charge in [0.25, 0.3) is 5.56 Å². The molecule has 0 aliphatic rings. The molecule has 2 aromatic heterocycles.